The maximum atomic E-state index is 13.3. The second kappa shape index (κ2) is 3.44. The zero-order chi connectivity index (χ0) is 10.3. The van der Waals surface area contributed by atoms with Crippen molar-refractivity contribution in [2.24, 2.45) is 0 Å². The molecule has 1 aliphatic heterocycles. The molecule has 0 spiro atoms. The highest BCUT2D eigenvalue weighted by atomic mass is 32.2. The SMILES string of the molecule is Fc1ncnc2c1ncn2C1CCSC1. The molecule has 2 aromatic rings. The Kier molecular flexibility index (Phi) is 2.09. The molecule has 6 heteroatoms. The van der Waals surface area contributed by atoms with E-state index >= 15 is 0 Å². The molecule has 0 amide bonds. The third kappa shape index (κ3) is 1.40. The Labute approximate surface area is 89.9 Å². The van der Waals surface area contributed by atoms with Crippen LogP contribution in [-0.2, 0) is 0 Å². The number of nitrogens with zero attached hydrogens (tertiary/aromatic N) is 4. The lowest BCUT2D eigenvalue weighted by Crippen LogP contribution is -2.07. The van der Waals surface area contributed by atoms with Crippen molar-refractivity contribution in [2.75, 3.05) is 11.5 Å². The summed E-state index contributed by atoms with van der Waals surface area (Å²) in [6.07, 6.45) is 4.01. The largest absolute Gasteiger partial charge is 0.311 e. The number of halogens is 1. The number of rotatable bonds is 1. The first-order chi connectivity index (χ1) is 7.36. The second-order valence-electron chi connectivity index (χ2n) is 3.51. The molecule has 1 fully saturated rings. The number of fused-ring (bicyclic) bond motifs is 1. The van der Waals surface area contributed by atoms with Gasteiger partial charge in [0.1, 0.15) is 6.33 Å². The van der Waals surface area contributed by atoms with Crippen LogP contribution in [0.1, 0.15) is 12.5 Å². The van der Waals surface area contributed by atoms with Crippen LogP contribution >= 0.6 is 11.8 Å². The molecule has 0 aromatic carbocycles. The predicted molar refractivity (Wildman–Crippen MR) is 56.3 cm³/mol. The van der Waals surface area contributed by atoms with Gasteiger partial charge >= 0.3 is 0 Å². The molecule has 78 valence electrons. The van der Waals surface area contributed by atoms with Crippen LogP contribution in [-0.4, -0.2) is 31.0 Å². The number of aromatic nitrogens is 4. The minimum absolute atomic E-state index is 0.273. The minimum atomic E-state index is -0.538. The van der Waals surface area contributed by atoms with Crippen LogP contribution in [0.2, 0.25) is 0 Å². The topological polar surface area (TPSA) is 43.6 Å². The first-order valence-electron chi connectivity index (χ1n) is 4.77. The maximum absolute atomic E-state index is 13.3. The van der Waals surface area contributed by atoms with Gasteiger partial charge in [-0.25, -0.2) is 15.0 Å². The smallest absolute Gasteiger partial charge is 0.244 e. The van der Waals surface area contributed by atoms with Gasteiger partial charge in [0.25, 0.3) is 0 Å². The van der Waals surface area contributed by atoms with Crippen LogP contribution in [0.5, 0.6) is 0 Å². The van der Waals surface area contributed by atoms with E-state index in [1.807, 2.05) is 16.3 Å². The summed E-state index contributed by atoms with van der Waals surface area (Å²) >= 11 is 1.91. The van der Waals surface area contributed by atoms with Crippen molar-refractivity contribution in [2.45, 2.75) is 12.5 Å². The summed E-state index contributed by atoms with van der Waals surface area (Å²) in [7, 11) is 0. The Balaban J connectivity index is 2.15. The summed E-state index contributed by atoms with van der Waals surface area (Å²) in [5.41, 5.74) is 0.879. The lowest BCUT2D eigenvalue weighted by molar-refractivity contribution is 0.568. The molecular weight excluding hydrogens is 215 g/mol. The Bertz CT molecular complexity index is 492. The molecular formula is C9H9FN4S. The average molecular weight is 224 g/mol. The Morgan fingerprint density at radius 3 is 3.13 bits per heavy atom. The van der Waals surface area contributed by atoms with Gasteiger partial charge in [-0.15, -0.1) is 0 Å². The van der Waals surface area contributed by atoms with Gasteiger partial charge in [0.15, 0.2) is 11.2 Å². The molecule has 1 aliphatic rings. The summed E-state index contributed by atoms with van der Waals surface area (Å²) in [6, 6.07) is 0.397. The third-order valence-corrected chi connectivity index (χ3v) is 3.76. The highest BCUT2D eigenvalue weighted by molar-refractivity contribution is 7.99. The van der Waals surface area contributed by atoms with Crippen LogP contribution in [0, 0.1) is 5.95 Å². The summed E-state index contributed by atoms with van der Waals surface area (Å²) in [6.45, 7) is 0. The predicted octanol–water partition coefficient (Wildman–Crippen LogP) is 1.64. The number of thioether (sulfide) groups is 1. The summed E-state index contributed by atoms with van der Waals surface area (Å²) in [5.74, 6) is 1.67. The lowest BCUT2D eigenvalue weighted by Gasteiger charge is -2.09. The van der Waals surface area contributed by atoms with Crippen molar-refractivity contribution in [1.82, 2.24) is 19.5 Å². The van der Waals surface area contributed by atoms with Gasteiger partial charge < -0.3 is 4.57 Å². The summed E-state index contributed by atoms with van der Waals surface area (Å²) in [4.78, 5) is 11.6. The molecule has 0 saturated carbocycles. The van der Waals surface area contributed by atoms with Crippen LogP contribution < -0.4 is 0 Å². The number of imidazole rings is 1. The molecule has 4 nitrogen and oxygen atoms in total. The Morgan fingerprint density at radius 1 is 1.40 bits per heavy atom. The molecule has 0 radical (unpaired) electrons. The lowest BCUT2D eigenvalue weighted by atomic mass is 10.2. The van der Waals surface area contributed by atoms with Gasteiger partial charge in [-0.05, 0) is 12.2 Å². The fraction of sp³-hybridized carbons (Fsp3) is 0.444. The highest BCUT2D eigenvalue weighted by Crippen LogP contribution is 2.29. The molecule has 3 rings (SSSR count). The zero-order valence-corrected chi connectivity index (χ0v) is 8.74. The number of hydrogen-bond donors (Lipinski definition) is 0. The molecule has 1 atom stereocenters. The van der Waals surface area contributed by atoms with Crippen molar-refractivity contribution in [3.05, 3.63) is 18.6 Å². The zero-order valence-electron chi connectivity index (χ0n) is 7.93. The first kappa shape index (κ1) is 9.08. The van der Waals surface area contributed by atoms with E-state index in [1.54, 1.807) is 6.33 Å². The first-order valence-corrected chi connectivity index (χ1v) is 5.92. The van der Waals surface area contributed by atoms with Gasteiger partial charge in [0.05, 0.1) is 6.33 Å². The highest BCUT2D eigenvalue weighted by Gasteiger charge is 2.20. The fourth-order valence-corrected chi connectivity index (χ4v) is 3.04. The molecule has 1 saturated heterocycles. The molecule has 15 heavy (non-hydrogen) atoms. The molecule has 0 aliphatic carbocycles. The summed E-state index contributed by atoms with van der Waals surface area (Å²) in [5, 5.41) is 0. The van der Waals surface area contributed by atoms with E-state index in [0.29, 0.717) is 11.7 Å². The quantitative estimate of drug-likeness (QED) is 0.691. The molecule has 0 N–H and O–H groups in total. The standard InChI is InChI=1S/C9H9FN4S/c10-8-7-9(12-4-11-8)14(5-13-7)6-1-2-15-3-6/h4-6H,1-3H2. The van der Waals surface area contributed by atoms with Crippen molar-refractivity contribution in [1.29, 1.82) is 0 Å². The monoisotopic (exact) mass is 224 g/mol. The van der Waals surface area contributed by atoms with Crippen molar-refractivity contribution < 1.29 is 4.39 Å². The molecule has 2 aromatic heterocycles. The van der Waals surface area contributed by atoms with Gasteiger partial charge in [0, 0.05) is 11.8 Å². The van der Waals surface area contributed by atoms with E-state index < -0.39 is 5.95 Å². The van der Waals surface area contributed by atoms with E-state index in [1.165, 1.54) is 6.33 Å². The van der Waals surface area contributed by atoms with E-state index in [-0.39, 0.29) is 5.52 Å². The van der Waals surface area contributed by atoms with Gasteiger partial charge in [-0.3, -0.25) is 0 Å². The van der Waals surface area contributed by atoms with Crippen molar-refractivity contribution >= 4 is 22.9 Å². The second-order valence-corrected chi connectivity index (χ2v) is 4.66. The molecule has 0 bridgehead atoms. The van der Waals surface area contributed by atoms with E-state index in [0.717, 1.165) is 17.9 Å². The average Bonchev–Trinajstić information content (AvgIpc) is 2.85. The minimum Gasteiger partial charge on any atom is -0.311 e. The summed E-state index contributed by atoms with van der Waals surface area (Å²) < 4.78 is 15.2. The normalized spacial score (nSPS) is 21.3. The van der Waals surface area contributed by atoms with Gasteiger partial charge in [-0.2, -0.15) is 16.2 Å². The number of hydrogen-bond acceptors (Lipinski definition) is 4. The Morgan fingerprint density at radius 2 is 2.33 bits per heavy atom. The van der Waals surface area contributed by atoms with Gasteiger partial charge in [-0.1, -0.05) is 0 Å². The van der Waals surface area contributed by atoms with Gasteiger partial charge in [0.2, 0.25) is 5.95 Å². The van der Waals surface area contributed by atoms with E-state index in [2.05, 4.69) is 15.0 Å². The molecule has 3 heterocycles. The van der Waals surface area contributed by atoms with Crippen molar-refractivity contribution in [3.8, 4) is 0 Å². The third-order valence-electron chi connectivity index (χ3n) is 2.61. The fourth-order valence-electron chi connectivity index (χ4n) is 1.83. The van der Waals surface area contributed by atoms with Crippen LogP contribution in [0.3, 0.4) is 0 Å². The Hall–Kier alpha value is -1.17. The van der Waals surface area contributed by atoms with Crippen molar-refractivity contribution in [3.63, 3.8) is 0 Å². The van der Waals surface area contributed by atoms with Crippen LogP contribution in [0.15, 0.2) is 12.7 Å². The van der Waals surface area contributed by atoms with E-state index in [4.69, 9.17) is 0 Å². The van der Waals surface area contributed by atoms with E-state index in [9.17, 15) is 4.39 Å². The molecule has 1 unspecified atom stereocenters. The van der Waals surface area contributed by atoms with Crippen LogP contribution in [0.4, 0.5) is 4.39 Å². The maximum Gasteiger partial charge on any atom is 0.244 e. The van der Waals surface area contributed by atoms with Crippen LogP contribution in [0.25, 0.3) is 11.2 Å².